The van der Waals surface area contributed by atoms with Gasteiger partial charge in [-0.2, -0.15) is 0 Å². The number of rotatable bonds is 3. The molecule has 18 heavy (non-hydrogen) atoms. The lowest BCUT2D eigenvalue weighted by molar-refractivity contribution is 0.449. The van der Waals surface area contributed by atoms with Crippen molar-refractivity contribution in [3.05, 3.63) is 53.9 Å². The number of aromatic nitrogens is 3. The lowest BCUT2D eigenvalue weighted by Gasteiger charge is -2.21. The minimum absolute atomic E-state index is 0.141. The zero-order valence-corrected chi connectivity index (χ0v) is 10.4. The highest BCUT2D eigenvalue weighted by Crippen LogP contribution is 2.38. The number of likely N-dealkylation sites (N-methyl/N-ethyl adjacent to an activating group) is 1. The molecule has 3 rings (SSSR count). The Balaban J connectivity index is 1.95. The van der Waals surface area contributed by atoms with Crippen LogP contribution in [0.5, 0.6) is 0 Å². The molecular formula is C14H16N4. The first-order valence-electron chi connectivity index (χ1n) is 6.28. The predicted molar refractivity (Wildman–Crippen MR) is 69.1 cm³/mol. The molecule has 0 saturated heterocycles. The first-order chi connectivity index (χ1) is 8.90. The van der Waals surface area contributed by atoms with Crippen LogP contribution in [-0.2, 0) is 6.42 Å². The van der Waals surface area contributed by atoms with E-state index in [-0.39, 0.29) is 6.04 Å². The number of hydrogen-bond donors (Lipinski definition) is 1. The van der Waals surface area contributed by atoms with Gasteiger partial charge < -0.3 is 5.32 Å². The number of hydrogen-bond acceptors (Lipinski definition) is 4. The van der Waals surface area contributed by atoms with Gasteiger partial charge in [0.15, 0.2) is 0 Å². The zero-order valence-electron chi connectivity index (χ0n) is 10.4. The molecule has 1 N–H and O–H groups in total. The second-order valence-electron chi connectivity index (χ2n) is 4.57. The number of nitrogens with zero attached hydrogens (tertiary/aromatic N) is 3. The third-order valence-electron chi connectivity index (χ3n) is 3.58. The van der Waals surface area contributed by atoms with E-state index in [1.807, 2.05) is 25.4 Å². The van der Waals surface area contributed by atoms with E-state index in [1.165, 1.54) is 11.3 Å². The Hall–Kier alpha value is -1.81. The summed E-state index contributed by atoms with van der Waals surface area (Å²) in [6.45, 7) is 0. The highest BCUT2D eigenvalue weighted by molar-refractivity contribution is 5.30. The molecule has 1 aliphatic rings. The van der Waals surface area contributed by atoms with Gasteiger partial charge in [-0.25, -0.2) is 9.97 Å². The lowest BCUT2D eigenvalue weighted by Crippen LogP contribution is -2.25. The molecule has 4 nitrogen and oxygen atoms in total. The Morgan fingerprint density at radius 2 is 1.94 bits per heavy atom. The standard InChI is InChI=1S/C14H16N4/c1-15-13(14-17-8-3-9-18-14)11-6-5-10-4-2-7-16-12(10)11/h2-4,7-9,11,13,15H,5-6H2,1H3. The molecule has 2 aromatic rings. The van der Waals surface area contributed by atoms with Gasteiger partial charge in [0.2, 0.25) is 0 Å². The van der Waals surface area contributed by atoms with Crippen molar-refractivity contribution in [2.75, 3.05) is 7.05 Å². The van der Waals surface area contributed by atoms with Crippen LogP contribution in [0.2, 0.25) is 0 Å². The van der Waals surface area contributed by atoms with Gasteiger partial charge in [-0.3, -0.25) is 4.98 Å². The Morgan fingerprint density at radius 3 is 2.72 bits per heavy atom. The number of nitrogens with one attached hydrogen (secondary N) is 1. The topological polar surface area (TPSA) is 50.7 Å². The third kappa shape index (κ3) is 1.88. The fourth-order valence-electron chi connectivity index (χ4n) is 2.75. The molecule has 2 unspecified atom stereocenters. The molecule has 4 heteroatoms. The minimum atomic E-state index is 0.141. The molecule has 2 atom stereocenters. The van der Waals surface area contributed by atoms with Gasteiger partial charge in [0.25, 0.3) is 0 Å². The molecule has 92 valence electrons. The number of fused-ring (bicyclic) bond motifs is 1. The fourth-order valence-corrected chi connectivity index (χ4v) is 2.75. The summed E-state index contributed by atoms with van der Waals surface area (Å²) in [7, 11) is 1.96. The molecule has 0 saturated carbocycles. The fraction of sp³-hybridized carbons (Fsp3) is 0.357. The lowest BCUT2D eigenvalue weighted by atomic mass is 9.96. The highest BCUT2D eigenvalue weighted by Gasteiger charge is 2.32. The molecule has 0 fully saturated rings. The third-order valence-corrected chi connectivity index (χ3v) is 3.58. The molecule has 2 heterocycles. The summed E-state index contributed by atoms with van der Waals surface area (Å²) in [6.07, 6.45) is 7.66. The molecule has 0 aliphatic heterocycles. The van der Waals surface area contributed by atoms with E-state index in [0.29, 0.717) is 5.92 Å². The highest BCUT2D eigenvalue weighted by atomic mass is 15.0. The Labute approximate surface area is 107 Å². The predicted octanol–water partition coefficient (Wildman–Crippen LogP) is 1.86. The van der Waals surface area contributed by atoms with E-state index in [0.717, 1.165) is 18.7 Å². The maximum Gasteiger partial charge on any atom is 0.145 e. The van der Waals surface area contributed by atoms with E-state index in [1.54, 1.807) is 12.4 Å². The van der Waals surface area contributed by atoms with Gasteiger partial charge in [-0.1, -0.05) is 6.07 Å². The van der Waals surface area contributed by atoms with Gasteiger partial charge >= 0.3 is 0 Å². The van der Waals surface area contributed by atoms with Gasteiger partial charge in [-0.15, -0.1) is 0 Å². The summed E-state index contributed by atoms with van der Waals surface area (Å²) >= 11 is 0. The molecule has 0 radical (unpaired) electrons. The zero-order chi connectivity index (χ0) is 12.4. The Morgan fingerprint density at radius 1 is 1.17 bits per heavy atom. The molecule has 0 aromatic carbocycles. The molecule has 2 aromatic heterocycles. The van der Waals surface area contributed by atoms with Crippen LogP contribution in [0.4, 0.5) is 0 Å². The normalized spacial score (nSPS) is 19.5. The average Bonchev–Trinajstić information content (AvgIpc) is 2.85. The van der Waals surface area contributed by atoms with Crippen molar-refractivity contribution in [3.8, 4) is 0 Å². The SMILES string of the molecule is CNC(c1ncccn1)C1CCc2cccnc21. The van der Waals surface area contributed by atoms with Crippen molar-refractivity contribution in [2.24, 2.45) is 0 Å². The summed E-state index contributed by atoms with van der Waals surface area (Å²) < 4.78 is 0. The molecule has 1 aliphatic carbocycles. The second kappa shape index (κ2) is 4.82. The van der Waals surface area contributed by atoms with Crippen molar-refractivity contribution in [3.63, 3.8) is 0 Å². The van der Waals surface area contributed by atoms with Crippen molar-refractivity contribution >= 4 is 0 Å². The van der Waals surface area contributed by atoms with Crippen molar-refractivity contribution < 1.29 is 0 Å². The smallest absolute Gasteiger partial charge is 0.145 e. The van der Waals surface area contributed by atoms with Crippen LogP contribution in [0.3, 0.4) is 0 Å². The number of aryl methyl sites for hydroxylation is 1. The van der Waals surface area contributed by atoms with E-state index in [9.17, 15) is 0 Å². The summed E-state index contributed by atoms with van der Waals surface area (Å²) in [5, 5.41) is 3.34. The first-order valence-corrected chi connectivity index (χ1v) is 6.28. The Kier molecular flexibility index (Phi) is 3.02. The van der Waals surface area contributed by atoms with Crippen LogP contribution in [0, 0.1) is 0 Å². The summed E-state index contributed by atoms with van der Waals surface area (Å²) in [5.74, 6) is 1.22. The average molecular weight is 240 g/mol. The molecule has 0 amide bonds. The quantitative estimate of drug-likeness (QED) is 0.889. The van der Waals surface area contributed by atoms with Crippen LogP contribution in [0.15, 0.2) is 36.8 Å². The van der Waals surface area contributed by atoms with Gasteiger partial charge in [0.1, 0.15) is 5.82 Å². The van der Waals surface area contributed by atoms with Gasteiger partial charge in [0, 0.05) is 30.2 Å². The molecule has 0 bridgehead atoms. The van der Waals surface area contributed by atoms with E-state index < -0.39 is 0 Å². The molecule has 0 spiro atoms. The maximum absolute atomic E-state index is 4.54. The largest absolute Gasteiger partial charge is 0.310 e. The minimum Gasteiger partial charge on any atom is -0.310 e. The second-order valence-corrected chi connectivity index (χ2v) is 4.57. The monoisotopic (exact) mass is 240 g/mol. The van der Waals surface area contributed by atoms with E-state index >= 15 is 0 Å². The van der Waals surface area contributed by atoms with Crippen LogP contribution in [0.25, 0.3) is 0 Å². The van der Waals surface area contributed by atoms with Gasteiger partial charge in [-0.05, 0) is 37.6 Å². The maximum atomic E-state index is 4.54. The van der Waals surface area contributed by atoms with Crippen molar-refractivity contribution in [1.82, 2.24) is 20.3 Å². The van der Waals surface area contributed by atoms with E-state index in [2.05, 4.69) is 26.3 Å². The van der Waals surface area contributed by atoms with Crippen LogP contribution in [-0.4, -0.2) is 22.0 Å². The summed E-state index contributed by atoms with van der Waals surface area (Å²) in [5.41, 5.74) is 2.56. The summed E-state index contributed by atoms with van der Waals surface area (Å²) in [6, 6.07) is 6.16. The first kappa shape index (κ1) is 11.3. The van der Waals surface area contributed by atoms with Crippen molar-refractivity contribution in [1.29, 1.82) is 0 Å². The molecular weight excluding hydrogens is 224 g/mol. The van der Waals surface area contributed by atoms with E-state index in [4.69, 9.17) is 0 Å². The Bertz CT molecular complexity index is 526. The van der Waals surface area contributed by atoms with Crippen LogP contribution < -0.4 is 5.32 Å². The summed E-state index contributed by atoms with van der Waals surface area (Å²) in [4.78, 5) is 13.3. The van der Waals surface area contributed by atoms with Crippen LogP contribution in [0.1, 0.15) is 35.5 Å². The van der Waals surface area contributed by atoms with Gasteiger partial charge in [0.05, 0.1) is 6.04 Å². The van der Waals surface area contributed by atoms with Crippen LogP contribution >= 0.6 is 0 Å². The van der Waals surface area contributed by atoms with Crippen molar-refractivity contribution in [2.45, 2.75) is 24.8 Å². The number of pyridine rings is 1.